The summed E-state index contributed by atoms with van der Waals surface area (Å²) in [5.74, 6) is 0.556. The fraction of sp³-hybridized carbons (Fsp3) is 0.143. The van der Waals surface area contributed by atoms with E-state index in [9.17, 15) is 0 Å². The third-order valence-corrected chi connectivity index (χ3v) is 3.35. The minimum absolute atomic E-state index is 0.0383. The summed E-state index contributed by atoms with van der Waals surface area (Å²) in [5.41, 5.74) is 1.80. The van der Waals surface area contributed by atoms with Gasteiger partial charge in [0.25, 0.3) is 0 Å². The molecule has 0 spiro atoms. The molecule has 2 aromatic heterocycles. The molecule has 0 bridgehead atoms. The molecule has 106 valence electrons. The minimum atomic E-state index is -0.0383. The molecule has 0 aliphatic rings. The maximum absolute atomic E-state index is 4.19. The lowest BCUT2D eigenvalue weighted by molar-refractivity contribution is 0.777. The summed E-state index contributed by atoms with van der Waals surface area (Å²) in [4.78, 5) is 8.37. The lowest BCUT2D eigenvalue weighted by Gasteiger charge is -2.10. The minimum Gasteiger partial charge on any atom is -0.346 e. The van der Waals surface area contributed by atoms with Crippen LogP contribution in [0.15, 0.2) is 53.4 Å². The van der Waals surface area contributed by atoms with Gasteiger partial charge in [-0.2, -0.15) is 0 Å². The molecule has 1 unspecified atom stereocenters. The van der Waals surface area contributed by atoms with Crippen LogP contribution in [0.5, 0.6) is 0 Å². The molecule has 0 saturated carbocycles. The molecule has 0 aliphatic carbocycles. The summed E-state index contributed by atoms with van der Waals surface area (Å²) in [6.45, 7) is 1.99. The summed E-state index contributed by atoms with van der Waals surface area (Å²) >= 11 is 3.31. The molecule has 0 amide bonds. The molecule has 7 heteroatoms. The van der Waals surface area contributed by atoms with Gasteiger partial charge in [-0.15, -0.1) is 5.10 Å². The van der Waals surface area contributed by atoms with E-state index in [0.717, 1.165) is 15.9 Å². The molecule has 0 aliphatic heterocycles. The van der Waals surface area contributed by atoms with Crippen LogP contribution in [-0.2, 0) is 0 Å². The van der Waals surface area contributed by atoms with Crippen molar-refractivity contribution in [2.45, 2.75) is 13.0 Å². The highest BCUT2D eigenvalue weighted by atomic mass is 79.9. The van der Waals surface area contributed by atoms with E-state index in [1.165, 1.54) is 0 Å². The van der Waals surface area contributed by atoms with Crippen LogP contribution in [0.4, 0.5) is 5.95 Å². The highest BCUT2D eigenvalue weighted by molar-refractivity contribution is 9.10. The van der Waals surface area contributed by atoms with E-state index in [0.29, 0.717) is 5.95 Å². The summed E-state index contributed by atoms with van der Waals surface area (Å²) in [7, 11) is 0. The third-order valence-electron chi connectivity index (χ3n) is 2.94. The number of hydrogen-bond acceptors (Lipinski definition) is 5. The van der Waals surface area contributed by atoms with E-state index in [1.807, 2.05) is 43.5 Å². The first kappa shape index (κ1) is 13.7. The Bertz CT molecular complexity index is 710. The molecule has 0 saturated heterocycles. The topological polar surface area (TPSA) is 68.5 Å². The van der Waals surface area contributed by atoms with Crippen molar-refractivity contribution in [1.29, 1.82) is 0 Å². The van der Waals surface area contributed by atoms with Crippen molar-refractivity contribution < 1.29 is 0 Å². The van der Waals surface area contributed by atoms with Gasteiger partial charge in [0.05, 0.1) is 22.4 Å². The second-order valence-electron chi connectivity index (χ2n) is 4.51. The van der Waals surface area contributed by atoms with Gasteiger partial charge in [-0.05, 0) is 35.0 Å². The fourth-order valence-electron chi connectivity index (χ4n) is 1.84. The summed E-state index contributed by atoms with van der Waals surface area (Å²) in [6.07, 6.45) is 5.29. The van der Waals surface area contributed by atoms with Crippen LogP contribution in [0.25, 0.3) is 5.69 Å². The number of anilines is 1. The van der Waals surface area contributed by atoms with Crippen molar-refractivity contribution in [2.75, 3.05) is 5.32 Å². The van der Waals surface area contributed by atoms with Crippen LogP contribution in [0.1, 0.15) is 18.7 Å². The highest BCUT2D eigenvalue weighted by Gasteiger charge is 2.11. The van der Waals surface area contributed by atoms with E-state index in [-0.39, 0.29) is 6.04 Å². The lowest BCUT2D eigenvalue weighted by atomic mass is 10.2. The molecule has 1 aromatic carbocycles. The van der Waals surface area contributed by atoms with E-state index < -0.39 is 0 Å². The molecule has 1 atom stereocenters. The Labute approximate surface area is 130 Å². The molecule has 21 heavy (non-hydrogen) atoms. The van der Waals surface area contributed by atoms with Gasteiger partial charge in [-0.25, -0.2) is 14.6 Å². The van der Waals surface area contributed by atoms with Crippen molar-refractivity contribution in [3.8, 4) is 5.69 Å². The predicted octanol–water partition coefficient (Wildman–Crippen LogP) is 2.99. The zero-order chi connectivity index (χ0) is 14.7. The molecule has 3 aromatic rings. The average Bonchev–Trinajstić information content (AvgIpc) is 3.00. The van der Waals surface area contributed by atoms with E-state index in [1.54, 1.807) is 17.1 Å². The maximum atomic E-state index is 4.19. The molecule has 2 heterocycles. The van der Waals surface area contributed by atoms with Crippen LogP contribution >= 0.6 is 15.9 Å². The van der Waals surface area contributed by atoms with Crippen molar-refractivity contribution >= 4 is 21.9 Å². The Morgan fingerprint density at radius 2 is 1.86 bits per heavy atom. The number of para-hydroxylation sites is 1. The SMILES string of the molecule is CC(Nc1ncc(Br)cn1)c1cn(-c2ccccc2)nn1. The first-order valence-electron chi connectivity index (χ1n) is 6.44. The van der Waals surface area contributed by atoms with Gasteiger partial charge in [0.15, 0.2) is 0 Å². The monoisotopic (exact) mass is 344 g/mol. The van der Waals surface area contributed by atoms with Crippen molar-refractivity contribution in [3.05, 3.63) is 59.1 Å². The normalized spacial score (nSPS) is 12.1. The molecule has 1 N–H and O–H groups in total. The summed E-state index contributed by atoms with van der Waals surface area (Å²) in [6, 6.07) is 9.82. The quantitative estimate of drug-likeness (QED) is 0.787. The van der Waals surface area contributed by atoms with Crippen molar-refractivity contribution in [2.24, 2.45) is 0 Å². The molecule has 0 fully saturated rings. The van der Waals surface area contributed by atoms with E-state index in [2.05, 4.69) is 41.5 Å². The smallest absolute Gasteiger partial charge is 0.223 e. The van der Waals surface area contributed by atoms with Gasteiger partial charge in [0.2, 0.25) is 5.95 Å². The van der Waals surface area contributed by atoms with Gasteiger partial charge < -0.3 is 5.32 Å². The Kier molecular flexibility index (Phi) is 3.92. The lowest BCUT2D eigenvalue weighted by Crippen LogP contribution is -2.09. The molecule has 6 nitrogen and oxygen atoms in total. The number of nitrogens with one attached hydrogen (secondary N) is 1. The summed E-state index contributed by atoms with van der Waals surface area (Å²) in [5, 5.41) is 11.5. The third kappa shape index (κ3) is 3.25. The number of aromatic nitrogens is 5. The van der Waals surface area contributed by atoms with Gasteiger partial charge in [0.1, 0.15) is 5.69 Å². The Morgan fingerprint density at radius 1 is 1.14 bits per heavy atom. The second kappa shape index (κ2) is 6.01. The van der Waals surface area contributed by atoms with Gasteiger partial charge in [-0.1, -0.05) is 23.4 Å². The Hall–Kier alpha value is -2.28. The standard InChI is InChI=1S/C14H13BrN6/c1-10(18-14-16-7-11(15)8-17-14)13-9-21(20-19-13)12-5-3-2-4-6-12/h2-10H,1H3,(H,16,17,18). The number of hydrogen-bond donors (Lipinski definition) is 1. The van der Waals surface area contributed by atoms with Crippen LogP contribution in [0, 0.1) is 0 Å². The predicted molar refractivity (Wildman–Crippen MR) is 83.1 cm³/mol. The largest absolute Gasteiger partial charge is 0.346 e. The number of rotatable bonds is 4. The molecular weight excluding hydrogens is 332 g/mol. The molecular formula is C14H13BrN6. The zero-order valence-corrected chi connectivity index (χ0v) is 12.9. The van der Waals surface area contributed by atoms with Gasteiger partial charge >= 0.3 is 0 Å². The average molecular weight is 345 g/mol. The van der Waals surface area contributed by atoms with Crippen LogP contribution < -0.4 is 5.32 Å². The number of halogens is 1. The Balaban J connectivity index is 1.75. The number of benzene rings is 1. The fourth-order valence-corrected chi connectivity index (χ4v) is 2.04. The molecule has 3 rings (SSSR count). The molecule has 0 radical (unpaired) electrons. The van der Waals surface area contributed by atoms with Crippen molar-refractivity contribution in [3.63, 3.8) is 0 Å². The summed E-state index contributed by atoms with van der Waals surface area (Å²) < 4.78 is 2.59. The van der Waals surface area contributed by atoms with Crippen LogP contribution in [0.2, 0.25) is 0 Å². The van der Waals surface area contributed by atoms with Gasteiger partial charge in [-0.3, -0.25) is 0 Å². The van der Waals surface area contributed by atoms with Crippen LogP contribution in [0.3, 0.4) is 0 Å². The van der Waals surface area contributed by atoms with E-state index >= 15 is 0 Å². The van der Waals surface area contributed by atoms with E-state index in [4.69, 9.17) is 0 Å². The first-order valence-corrected chi connectivity index (χ1v) is 7.23. The zero-order valence-electron chi connectivity index (χ0n) is 11.3. The highest BCUT2D eigenvalue weighted by Crippen LogP contribution is 2.16. The number of nitrogens with zero attached hydrogens (tertiary/aromatic N) is 5. The van der Waals surface area contributed by atoms with Gasteiger partial charge in [0, 0.05) is 12.4 Å². The van der Waals surface area contributed by atoms with Crippen molar-refractivity contribution in [1.82, 2.24) is 25.0 Å². The van der Waals surface area contributed by atoms with Crippen LogP contribution in [-0.4, -0.2) is 25.0 Å². The first-order chi connectivity index (χ1) is 10.2. The maximum Gasteiger partial charge on any atom is 0.223 e. The second-order valence-corrected chi connectivity index (χ2v) is 5.43. The Morgan fingerprint density at radius 3 is 2.57 bits per heavy atom.